The topological polar surface area (TPSA) is 29.3 Å². The van der Waals surface area contributed by atoms with E-state index in [1.807, 2.05) is 29.8 Å². The first-order valence-electron chi connectivity index (χ1n) is 5.24. The van der Waals surface area contributed by atoms with Gasteiger partial charge in [-0.05, 0) is 17.8 Å². The maximum Gasteiger partial charge on any atom is 0.195 e. The van der Waals surface area contributed by atoms with Crippen molar-refractivity contribution in [3.8, 4) is 0 Å². The van der Waals surface area contributed by atoms with E-state index in [1.54, 1.807) is 18.4 Å². The van der Waals surface area contributed by atoms with Crippen LogP contribution in [0.25, 0.3) is 0 Å². The van der Waals surface area contributed by atoms with Crippen LogP contribution in [0.15, 0.2) is 46.9 Å². The van der Waals surface area contributed by atoms with Crippen LogP contribution >= 0.6 is 23.6 Å². The van der Waals surface area contributed by atoms with E-state index in [1.165, 1.54) is 5.56 Å². The van der Waals surface area contributed by atoms with Gasteiger partial charge in [-0.3, -0.25) is 0 Å². The fourth-order valence-electron chi connectivity index (χ4n) is 1.43. The molecule has 0 aliphatic heterocycles. The van der Waals surface area contributed by atoms with E-state index in [-0.39, 0.29) is 0 Å². The molecule has 0 fully saturated rings. The molecule has 0 radical (unpaired) electrons. The fraction of sp³-hybridized carbons (Fsp3) is 0.167. The first kappa shape index (κ1) is 12.0. The Morgan fingerprint density at radius 1 is 1.41 bits per heavy atom. The largest absolute Gasteiger partial charge is 0.364 e. The summed E-state index contributed by atoms with van der Waals surface area (Å²) >= 11 is 6.62. The van der Waals surface area contributed by atoms with Gasteiger partial charge in [0.1, 0.15) is 0 Å². The predicted octanol–water partition coefficient (Wildman–Crippen LogP) is 2.00. The quantitative estimate of drug-likeness (QED) is 0.840. The van der Waals surface area contributed by atoms with Gasteiger partial charge in [-0.1, -0.05) is 30.3 Å². The summed E-state index contributed by atoms with van der Waals surface area (Å²) in [4.78, 5) is 5.25. The third-order valence-electron chi connectivity index (χ3n) is 2.27. The summed E-state index contributed by atoms with van der Waals surface area (Å²) in [6.45, 7) is 0.815. The number of thiazole rings is 1. The van der Waals surface area contributed by atoms with Gasteiger partial charge in [-0.15, -0.1) is 11.3 Å². The van der Waals surface area contributed by atoms with Crippen molar-refractivity contribution in [3.05, 3.63) is 52.3 Å². The van der Waals surface area contributed by atoms with Gasteiger partial charge in [0.25, 0.3) is 0 Å². The van der Waals surface area contributed by atoms with E-state index in [0.717, 1.165) is 11.3 Å². The second kappa shape index (κ2) is 5.75. The van der Waals surface area contributed by atoms with Crippen LogP contribution in [-0.4, -0.2) is 16.7 Å². The number of hydrogen-bond donors (Lipinski definition) is 1. The van der Waals surface area contributed by atoms with Crippen molar-refractivity contribution in [3.63, 3.8) is 0 Å². The van der Waals surface area contributed by atoms with Crippen molar-refractivity contribution in [2.75, 3.05) is 7.05 Å². The molecule has 0 saturated carbocycles. The normalized spacial score (nSPS) is 11.5. The number of thiocarbonyl (C=S) groups is 1. The van der Waals surface area contributed by atoms with Gasteiger partial charge >= 0.3 is 0 Å². The molecular formula is C12H13N3S2. The number of aromatic nitrogens is 1. The number of nitrogens with zero attached hydrogens (tertiary/aromatic N) is 2. The molecule has 2 rings (SSSR count). The minimum Gasteiger partial charge on any atom is -0.364 e. The lowest BCUT2D eigenvalue weighted by Gasteiger charge is -2.02. The molecule has 0 saturated heterocycles. The van der Waals surface area contributed by atoms with E-state index in [0.29, 0.717) is 5.11 Å². The van der Waals surface area contributed by atoms with Gasteiger partial charge in [0.2, 0.25) is 0 Å². The van der Waals surface area contributed by atoms with Gasteiger partial charge < -0.3 is 9.88 Å². The molecule has 88 valence electrons. The minimum absolute atomic E-state index is 0.509. The highest BCUT2D eigenvalue weighted by Crippen LogP contribution is 2.01. The molecule has 0 atom stereocenters. The molecular weight excluding hydrogens is 250 g/mol. The van der Waals surface area contributed by atoms with Gasteiger partial charge in [-0.2, -0.15) is 4.99 Å². The average molecular weight is 263 g/mol. The second-order valence-electron chi connectivity index (χ2n) is 3.47. The van der Waals surface area contributed by atoms with Crippen LogP contribution in [0.5, 0.6) is 0 Å². The molecule has 0 aliphatic carbocycles. The molecule has 1 N–H and O–H groups in total. The maximum atomic E-state index is 5.04. The van der Waals surface area contributed by atoms with Crippen molar-refractivity contribution in [1.82, 2.24) is 9.88 Å². The predicted molar refractivity (Wildman–Crippen MR) is 75.1 cm³/mol. The molecule has 0 unspecified atom stereocenters. The molecule has 0 bridgehead atoms. The lowest BCUT2D eigenvalue weighted by molar-refractivity contribution is 0.771. The summed E-state index contributed by atoms with van der Waals surface area (Å²) in [7, 11) is 1.78. The summed E-state index contributed by atoms with van der Waals surface area (Å²) < 4.78 is 2.09. The zero-order valence-corrected chi connectivity index (χ0v) is 11.1. The molecule has 2 aromatic rings. The van der Waals surface area contributed by atoms with E-state index in [4.69, 9.17) is 12.2 Å². The number of rotatable bonds is 2. The van der Waals surface area contributed by atoms with Crippen LogP contribution in [0.2, 0.25) is 0 Å². The lowest BCUT2D eigenvalue weighted by atomic mass is 10.2. The van der Waals surface area contributed by atoms with E-state index in [2.05, 4.69) is 27.0 Å². The highest BCUT2D eigenvalue weighted by atomic mass is 32.1. The average Bonchev–Trinajstić information content (AvgIpc) is 2.78. The Labute approximate surface area is 109 Å². The first-order chi connectivity index (χ1) is 8.29. The molecule has 0 aliphatic rings. The Balaban J connectivity index is 2.26. The highest BCUT2D eigenvalue weighted by molar-refractivity contribution is 7.80. The third kappa shape index (κ3) is 3.25. The van der Waals surface area contributed by atoms with Gasteiger partial charge in [0.15, 0.2) is 9.91 Å². The standard InChI is InChI=1S/C12H13N3S2/c1-13-11(16)14-12-15(7-8-17-12)9-10-5-3-2-4-6-10/h2-8H,9H2,1H3,(H,13,16). The van der Waals surface area contributed by atoms with Crippen molar-refractivity contribution in [2.45, 2.75) is 6.54 Å². The smallest absolute Gasteiger partial charge is 0.195 e. The second-order valence-corrected chi connectivity index (χ2v) is 4.73. The van der Waals surface area contributed by atoms with E-state index in [9.17, 15) is 0 Å². The summed E-state index contributed by atoms with van der Waals surface area (Å²) in [6, 6.07) is 10.3. The molecule has 0 spiro atoms. The summed E-state index contributed by atoms with van der Waals surface area (Å²) in [6.07, 6.45) is 2.02. The van der Waals surface area contributed by atoms with Gasteiger partial charge in [0.05, 0.1) is 0 Å². The van der Waals surface area contributed by atoms with Crippen LogP contribution in [-0.2, 0) is 6.54 Å². The monoisotopic (exact) mass is 263 g/mol. The van der Waals surface area contributed by atoms with Gasteiger partial charge in [-0.25, -0.2) is 0 Å². The molecule has 17 heavy (non-hydrogen) atoms. The van der Waals surface area contributed by atoms with Crippen molar-refractivity contribution < 1.29 is 0 Å². The van der Waals surface area contributed by atoms with Gasteiger partial charge in [0, 0.05) is 25.2 Å². The van der Waals surface area contributed by atoms with E-state index < -0.39 is 0 Å². The number of benzene rings is 1. The zero-order valence-electron chi connectivity index (χ0n) is 9.46. The molecule has 3 nitrogen and oxygen atoms in total. The number of hydrogen-bond acceptors (Lipinski definition) is 2. The maximum absolute atomic E-state index is 5.04. The van der Waals surface area contributed by atoms with Crippen LogP contribution < -0.4 is 10.1 Å². The van der Waals surface area contributed by atoms with Crippen LogP contribution in [0, 0.1) is 0 Å². The summed E-state index contributed by atoms with van der Waals surface area (Å²) in [5.41, 5.74) is 1.25. The molecule has 1 aromatic heterocycles. The van der Waals surface area contributed by atoms with Crippen LogP contribution in [0.3, 0.4) is 0 Å². The minimum atomic E-state index is 0.509. The Kier molecular flexibility index (Phi) is 4.06. The summed E-state index contributed by atoms with van der Waals surface area (Å²) in [5.74, 6) is 0. The molecule has 5 heteroatoms. The van der Waals surface area contributed by atoms with Crippen molar-refractivity contribution in [1.29, 1.82) is 0 Å². The van der Waals surface area contributed by atoms with Crippen molar-refractivity contribution >= 4 is 28.7 Å². The molecule has 0 amide bonds. The fourth-order valence-corrected chi connectivity index (χ4v) is 2.31. The Morgan fingerprint density at radius 2 is 2.18 bits per heavy atom. The SMILES string of the molecule is CNC(=S)N=c1sccn1Cc1ccccc1. The molecule has 1 aromatic carbocycles. The van der Waals surface area contributed by atoms with Crippen LogP contribution in [0.1, 0.15) is 5.56 Å². The first-order valence-corrected chi connectivity index (χ1v) is 6.52. The Bertz CT molecular complexity index is 554. The van der Waals surface area contributed by atoms with Crippen LogP contribution in [0.4, 0.5) is 0 Å². The lowest BCUT2D eigenvalue weighted by Crippen LogP contribution is -2.21. The Hall–Kier alpha value is -1.46. The van der Waals surface area contributed by atoms with E-state index >= 15 is 0 Å². The number of nitrogens with one attached hydrogen (secondary N) is 1. The Morgan fingerprint density at radius 3 is 2.88 bits per heavy atom. The molecule has 1 heterocycles. The summed E-state index contributed by atoms with van der Waals surface area (Å²) in [5, 5.41) is 5.37. The third-order valence-corrected chi connectivity index (χ3v) is 3.36. The highest BCUT2D eigenvalue weighted by Gasteiger charge is 1.98. The van der Waals surface area contributed by atoms with Crippen molar-refractivity contribution in [2.24, 2.45) is 4.99 Å². The zero-order chi connectivity index (χ0) is 12.1.